The Morgan fingerprint density at radius 2 is 1.83 bits per heavy atom. The van der Waals surface area contributed by atoms with Crippen molar-refractivity contribution in [3.8, 4) is 0 Å². The van der Waals surface area contributed by atoms with E-state index in [9.17, 15) is 0 Å². The van der Waals surface area contributed by atoms with E-state index in [1.807, 2.05) is 0 Å². The average molecular weight is 317 g/mol. The summed E-state index contributed by atoms with van der Waals surface area (Å²) < 4.78 is 4.79. The topological polar surface area (TPSA) is 83.2 Å². The lowest BCUT2D eigenvalue weighted by Crippen LogP contribution is -2.32. The van der Waals surface area contributed by atoms with Crippen molar-refractivity contribution in [3.05, 3.63) is 0 Å². The lowest BCUT2D eigenvalue weighted by Gasteiger charge is -2.23. The summed E-state index contributed by atoms with van der Waals surface area (Å²) in [6.07, 6.45) is 6.07. The predicted molar refractivity (Wildman–Crippen MR) is 87.6 cm³/mol. The molecule has 23 heavy (non-hydrogen) atoms. The first-order valence-corrected chi connectivity index (χ1v) is 8.39. The molecule has 2 aromatic heterocycles. The number of nitrogens with one attached hydrogen (secondary N) is 1. The van der Waals surface area contributed by atoms with Gasteiger partial charge in [-0.25, -0.2) is 14.6 Å². The molecule has 3 heterocycles. The van der Waals surface area contributed by atoms with Gasteiger partial charge in [0.2, 0.25) is 11.3 Å². The van der Waals surface area contributed by atoms with Gasteiger partial charge in [0, 0.05) is 25.2 Å². The molecule has 2 aromatic rings. The molecule has 0 bridgehead atoms. The summed E-state index contributed by atoms with van der Waals surface area (Å²) >= 11 is 0. The average Bonchev–Trinajstić information content (AvgIpc) is 3.27. The number of anilines is 2. The molecular weight excluding hydrogens is 294 g/mol. The Bertz CT molecular complexity index is 680. The molecule has 8 heteroatoms. The van der Waals surface area contributed by atoms with Crippen molar-refractivity contribution >= 4 is 22.9 Å². The highest BCUT2D eigenvalue weighted by Crippen LogP contribution is 2.30. The molecule has 1 atom stereocenters. The number of likely N-dealkylation sites (N-methyl/N-ethyl adjacent to an activating group) is 1. The molecule has 1 saturated carbocycles. The Labute approximate surface area is 135 Å². The smallest absolute Gasteiger partial charge is 0.245 e. The third-order valence-electron chi connectivity index (χ3n) is 4.99. The number of hydrogen-bond acceptors (Lipinski definition) is 8. The van der Waals surface area contributed by atoms with Gasteiger partial charge in [-0.3, -0.25) is 0 Å². The maximum Gasteiger partial charge on any atom is 0.245 e. The van der Waals surface area contributed by atoms with Gasteiger partial charge in [-0.05, 0) is 43.7 Å². The molecule has 2 aliphatic rings. The minimum absolute atomic E-state index is 0.470. The van der Waals surface area contributed by atoms with Gasteiger partial charge < -0.3 is 15.1 Å². The van der Waals surface area contributed by atoms with Crippen molar-refractivity contribution in [2.75, 3.05) is 37.4 Å². The molecule has 0 aromatic carbocycles. The van der Waals surface area contributed by atoms with E-state index in [2.05, 4.69) is 49.5 Å². The normalized spacial score (nSPS) is 22.6. The van der Waals surface area contributed by atoms with Gasteiger partial charge in [-0.2, -0.15) is 0 Å². The van der Waals surface area contributed by atoms with Gasteiger partial charge >= 0.3 is 0 Å². The number of hydrogen-bond donors (Lipinski definition) is 1. The van der Waals surface area contributed by atoms with Gasteiger partial charge in [-0.1, -0.05) is 12.8 Å². The van der Waals surface area contributed by atoms with E-state index < -0.39 is 0 Å². The lowest BCUT2D eigenvalue weighted by atomic mass is 10.2. The fraction of sp³-hybridized carbons (Fsp3) is 0.733. The highest BCUT2D eigenvalue weighted by Gasteiger charge is 2.29. The molecule has 1 saturated heterocycles. The van der Waals surface area contributed by atoms with E-state index >= 15 is 0 Å². The van der Waals surface area contributed by atoms with Crippen LogP contribution in [0.1, 0.15) is 32.1 Å². The summed E-state index contributed by atoms with van der Waals surface area (Å²) in [6.45, 7) is 1.94. The first-order valence-electron chi connectivity index (χ1n) is 8.39. The van der Waals surface area contributed by atoms with Crippen molar-refractivity contribution in [1.29, 1.82) is 0 Å². The second kappa shape index (κ2) is 5.92. The zero-order valence-corrected chi connectivity index (χ0v) is 13.7. The molecule has 2 fully saturated rings. The number of rotatable bonds is 4. The van der Waals surface area contributed by atoms with Crippen molar-refractivity contribution < 1.29 is 4.63 Å². The van der Waals surface area contributed by atoms with Crippen LogP contribution in [0, 0.1) is 0 Å². The summed E-state index contributed by atoms with van der Waals surface area (Å²) in [6, 6.07) is 1.02. The highest BCUT2D eigenvalue weighted by molar-refractivity contribution is 5.74. The monoisotopic (exact) mass is 317 g/mol. The van der Waals surface area contributed by atoms with E-state index in [4.69, 9.17) is 4.63 Å². The zero-order valence-electron chi connectivity index (χ0n) is 13.7. The van der Waals surface area contributed by atoms with Crippen LogP contribution in [0.25, 0.3) is 11.3 Å². The van der Waals surface area contributed by atoms with Crippen LogP contribution in [0.15, 0.2) is 4.63 Å². The molecule has 1 unspecified atom stereocenters. The van der Waals surface area contributed by atoms with Crippen LogP contribution in [0.2, 0.25) is 0 Å². The van der Waals surface area contributed by atoms with Crippen LogP contribution in [0.5, 0.6) is 0 Å². The summed E-state index contributed by atoms with van der Waals surface area (Å²) in [4.78, 5) is 13.9. The summed E-state index contributed by atoms with van der Waals surface area (Å²) in [5.74, 6) is 1.70. The minimum atomic E-state index is 0.470. The second-order valence-corrected chi connectivity index (χ2v) is 6.79. The SMILES string of the molecule is CN(C)C1CCN(c2nc3nonc3nc2NC2CCCC2)C1. The molecule has 4 rings (SSSR count). The van der Waals surface area contributed by atoms with E-state index in [0.29, 0.717) is 23.4 Å². The van der Waals surface area contributed by atoms with Crippen LogP contribution in [-0.2, 0) is 0 Å². The van der Waals surface area contributed by atoms with Crippen molar-refractivity contribution in [2.45, 2.75) is 44.2 Å². The Hall–Kier alpha value is -1.96. The second-order valence-electron chi connectivity index (χ2n) is 6.79. The molecular formula is C15H23N7O. The number of fused-ring (bicyclic) bond motifs is 1. The third-order valence-corrected chi connectivity index (χ3v) is 4.99. The van der Waals surface area contributed by atoms with Crippen molar-refractivity contribution in [1.82, 2.24) is 25.2 Å². The van der Waals surface area contributed by atoms with Gasteiger partial charge in [0.25, 0.3) is 0 Å². The quantitative estimate of drug-likeness (QED) is 0.908. The van der Waals surface area contributed by atoms with Crippen LogP contribution < -0.4 is 10.2 Å². The molecule has 8 nitrogen and oxygen atoms in total. The predicted octanol–water partition coefficient (Wildman–Crippen LogP) is 1.51. The molecule has 1 N–H and O–H groups in total. The minimum Gasteiger partial charge on any atom is -0.364 e. The van der Waals surface area contributed by atoms with Gasteiger partial charge in [0.15, 0.2) is 11.6 Å². The van der Waals surface area contributed by atoms with Crippen LogP contribution in [0.4, 0.5) is 11.6 Å². The van der Waals surface area contributed by atoms with Gasteiger partial charge in [-0.15, -0.1) is 0 Å². The summed E-state index contributed by atoms with van der Waals surface area (Å²) in [5.41, 5.74) is 0.947. The molecule has 0 spiro atoms. The van der Waals surface area contributed by atoms with Crippen LogP contribution in [-0.4, -0.2) is 64.4 Å². The maximum atomic E-state index is 4.79. The maximum absolute atomic E-state index is 4.79. The number of aromatic nitrogens is 4. The van der Waals surface area contributed by atoms with Gasteiger partial charge in [0.1, 0.15) is 0 Å². The largest absolute Gasteiger partial charge is 0.364 e. The standard InChI is InChI=1S/C15H23N7O/c1-21(2)11-7-8-22(9-11)15-14(16-10-5-3-4-6-10)17-12-13(18-15)20-23-19-12/h10-11H,3-9H2,1-2H3,(H,16,17,19). The Kier molecular flexibility index (Phi) is 3.76. The Balaban J connectivity index is 1.65. The molecule has 1 aliphatic heterocycles. The molecule has 1 aliphatic carbocycles. The van der Waals surface area contributed by atoms with E-state index in [0.717, 1.165) is 31.1 Å². The fourth-order valence-corrected chi connectivity index (χ4v) is 3.57. The van der Waals surface area contributed by atoms with E-state index in [-0.39, 0.29) is 0 Å². The van der Waals surface area contributed by atoms with Crippen LogP contribution in [0.3, 0.4) is 0 Å². The summed E-state index contributed by atoms with van der Waals surface area (Å²) in [5, 5.41) is 11.3. The Morgan fingerprint density at radius 3 is 2.52 bits per heavy atom. The van der Waals surface area contributed by atoms with E-state index in [1.165, 1.54) is 25.7 Å². The third kappa shape index (κ3) is 2.83. The number of nitrogens with zero attached hydrogens (tertiary/aromatic N) is 6. The van der Waals surface area contributed by atoms with Crippen LogP contribution >= 0.6 is 0 Å². The lowest BCUT2D eigenvalue weighted by molar-refractivity contribution is 0.314. The molecule has 0 amide bonds. The first kappa shape index (κ1) is 14.6. The first-order chi connectivity index (χ1) is 11.2. The summed E-state index contributed by atoms with van der Waals surface area (Å²) in [7, 11) is 4.25. The highest BCUT2D eigenvalue weighted by atomic mass is 16.6. The zero-order chi connectivity index (χ0) is 15.8. The van der Waals surface area contributed by atoms with E-state index in [1.54, 1.807) is 0 Å². The molecule has 0 radical (unpaired) electrons. The fourth-order valence-electron chi connectivity index (χ4n) is 3.57. The van der Waals surface area contributed by atoms with Crippen molar-refractivity contribution in [2.24, 2.45) is 0 Å². The van der Waals surface area contributed by atoms with Crippen molar-refractivity contribution in [3.63, 3.8) is 0 Å². The Morgan fingerprint density at radius 1 is 1.09 bits per heavy atom. The molecule has 124 valence electrons. The van der Waals surface area contributed by atoms with Gasteiger partial charge in [0.05, 0.1) is 0 Å².